The summed E-state index contributed by atoms with van der Waals surface area (Å²) in [6.45, 7) is 1.13. The monoisotopic (exact) mass is 558 g/mol. The molecule has 0 bridgehead atoms. The van der Waals surface area contributed by atoms with Gasteiger partial charge < -0.3 is 10.6 Å². The van der Waals surface area contributed by atoms with Crippen LogP contribution in [0.3, 0.4) is 0 Å². The average molecular weight is 559 g/mol. The van der Waals surface area contributed by atoms with E-state index in [0.717, 1.165) is 15.9 Å². The van der Waals surface area contributed by atoms with Crippen LogP contribution in [0.2, 0.25) is 0 Å². The molecular weight excluding hydrogens is 532 g/mol. The zero-order valence-corrected chi connectivity index (χ0v) is 22.2. The highest BCUT2D eigenvalue weighted by atomic mass is 32.2. The van der Waals surface area contributed by atoms with E-state index in [1.54, 1.807) is 24.3 Å². The Labute approximate surface area is 231 Å². The van der Waals surface area contributed by atoms with Gasteiger partial charge in [0, 0.05) is 12.1 Å². The molecule has 10 nitrogen and oxygen atoms in total. The topological polar surface area (TPSA) is 139 Å². The molecule has 0 saturated carbocycles. The van der Waals surface area contributed by atoms with E-state index in [4.69, 9.17) is 0 Å². The van der Waals surface area contributed by atoms with Crippen LogP contribution in [0.4, 0.5) is 17.1 Å². The molecule has 1 atom stereocenters. The molecule has 0 saturated heterocycles. The lowest BCUT2D eigenvalue weighted by atomic mass is 10.1. The molecule has 4 aromatic carbocycles. The summed E-state index contributed by atoms with van der Waals surface area (Å²) in [5.74, 6) is -1.18. The van der Waals surface area contributed by atoms with Gasteiger partial charge in [0.05, 0.1) is 32.8 Å². The van der Waals surface area contributed by atoms with E-state index >= 15 is 0 Å². The minimum absolute atomic E-state index is 0.0593. The third-order valence-corrected chi connectivity index (χ3v) is 7.83. The third-order valence-electron chi connectivity index (χ3n) is 6.04. The molecule has 40 heavy (non-hydrogen) atoms. The summed E-state index contributed by atoms with van der Waals surface area (Å²) in [5.41, 5.74) is 0.875. The zero-order valence-electron chi connectivity index (χ0n) is 21.4. The fourth-order valence-electron chi connectivity index (χ4n) is 4.01. The molecule has 0 aliphatic heterocycles. The molecule has 4 rings (SSSR count). The molecule has 0 heterocycles. The van der Waals surface area contributed by atoms with Gasteiger partial charge in [-0.05, 0) is 42.8 Å². The van der Waals surface area contributed by atoms with Gasteiger partial charge in [0.1, 0.15) is 6.54 Å². The number of non-ortho nitro benzene ring substituents is 1. The molecule has 2 amide bonds. The highest BCUT2D eigenvalue weighted by molar-refractivity contribution is 7.92. The second kappa shape index (κ2) is 12.2. The SMILES string of the molecule is C[C@@H](NC(=O)c1ccccc1NC(=O)CN(c1cccc([N+](=O)[O-])c1)S(=O)(=O)c1ccccc1)c1ccccc1. The molecular formula is C29H26N4O6S. The molecule has 0 fully saturated rings. The van der Waals surface area contributed by atoms with Crippen LogP contribution in [0.5, 0.6) is 0 Å². The van der Waals surface area contributed by atoms with Crippen LogP contribution in [0.25, 0.3) is 0 Å². The van der Waals surface area contributed by atoms with Crippen molar-refractivity contribution in [3.63, 3.8) is 0 Å². The number of sulfonamides is 1. The van der Waals surface area contributed by atoms with Crippen LogP contribution >= 0.6 is 0 Å². The Morgan fingerprint density at radius 3 is 2.17 bits per heavy atom. The van der Waals surface area contributed by atoms with Crippen molar-refractivity contribution in [3.05, 3.63) is 130 Å². The second-order valence-electron chi connectivity index (χ2n) is 8.80. The van der Waals surface area contributed by atoms with Crippen molar-refractivity contribution in [1.29, 1.82) is 0 Å². The summed E-state index contributed by atoms with van der Waals surface area (Å²) >= 11 is 0. The Balaban J connectivity index is 1.60. The number of amides is 2. The predicted molar refractivity (Wildman–Crippen MR) is 151 cm³/mol. The van der Waals surface area contributed by atoms with Gasteiger partial charge in [0.2, 0.25) is 5.91 Å². The Bertz CT molecular complexity index is 1630. The number of nitrogens with one attached hydrogen (secondary N) is 2. The smallest absolute Gasteiger partial charge is 0.271 e. The number of nitro groups is 1. The van der Waals surface area contributed by atoms with Crippen LogP contribution in [0.15, 0.2) is 114 Å². The van der Waals surface area contributed by atoms with E-state index in [1.807, 2.05) is 37.3 Å². The van der Waals surface area contributed by atoms with Crippen LogP contribution < -0.4 is 14.9 Å². The maximum atomic E-state index is 13.5. The number of para-hydroxylation sites is 1. The van der Waals surface area contributed by atoms with Crippen molar-refractivity contribution in [2.75, 3.05) is 16.2 Å². The minimum atomic E-state index is -4.29. The molecule has 0 spiro atoms. The molecule has 0 unspecified atom stereocenters. The Morgan fingerprint density at radius 1 is 0.875 bits per heavy atom. The third kappa shape index (κ3) is 6.51. The maximum absolute atomic E-state index is 13.5. The summed E-state index contributed by atoms with van der Waals surface area (Å²) in [5, 5.41) is 16.9. The van der Waals surface area contributed by atoms with Gasteiger partial charge in [-0.15, -0.1) is 0 Å². The standard InChI is InChI=1S/C29H26N4O6S/c1-21(22-11-4-2-5-12-22)30-29(35)26-17-8-9-18-27(26)31-28(34)20-32(23-13-10-14-24(19-23)33(36)37)40(38,39)25-15-6-3-7-16-25/h2-19,21H,20H2,1H3,(H,30,35)(H,31,34)/t21-/m1/s1. The molecule has 204 valence electrons. The number of benzene rings is 4. The highest BCUT2D eigenvalue weighted by Crippen LogP contribution is 2.27. The van der Waals surface area contributed by atoms with Gasteiger partial charge in [0.15, 0.2) is 0 Å². The minimum Gasteiger partial charge on any atom is -0.345 e. The zero-order chi connectivity index (χ0) is 28.7. The molecule has 0 aliphatic rings. The second-order valence-corrected chi connectivity index (χ2v) is 10.7. The van der Waals surface area contributed by atoms with Gasteiger partial charge in [-0.1, -0.05) is 66.7 Å². The van der Waals surface area contributed by atoms with E-state index in [9.17, 15) is 28.1 Å². The molecule has 4 aromatic rings. The van der Waals surface area contributed by atoms with E-state index in [0.29, 0.717) is 0 Å². The molecule has 0 aliphatic carbocycles. The summed E-state index contributed by atoms with van der Waals surface area (Å²) in [4.78, 5) is 36.9. The van der Waals surface area contributed by atoms with Crippen molar-refractivity contribution < 1.29 is 22.9 Å². The number of carbonyl (C=O) groups is 2. The first kappa shape index (κ1) is 28.0. The Kier molecular flexibility index (Phi) is 8.55. The first-order chi connectivity index (χ1) is 19.2. The molecule has 0 radical (unpaired) electrons. The number of carbonyl (C=O) groups excluding carboxylic acids is 2. The Morgan fingerprint density at radius 2 is 1.50 bits per heavy atom. The normalized spacial score (nSPS) is 11.7. The van der Waals surface area contributed by atoms with Crippen molar-refractivity contribution in [2.24, 2.45) is 0 Å². The molecule has 0 aromatic heterocycles. The van der Waals surface area contributed by atoms with Gasteiger partial charge in [-0.25, -0.2) is 8.42 Å². The lowest BCUT2D eigenvalue weighted by Crippen LogP contribution is -2.38. The van der Waals surface area contributed by atoms with Gasteiger partial charge in [0.25, 0.3) is 21.6 Å². The molecule has 2 N–H and O–H groups in total. The maximum Gasteiger partial charge on any atom is 0.271 e. The van der Waals surface area contributed by atoms with Crippen LogP contribution in [-0.4, -0.2) is 31.7 Å². The van der Waals surface area contributed by atoms with Gasteiger partial charge in [-0.3, -0.25) is 24.0 Å². The quantitative estimate of drug-likeness (QED) is 0.209. The largest absolute Gasteiger partial charge is 0.345 e. The van der Waals surface area contributed by atoms with Crippen LogP contribution in [0, 0.1) is 10.1 Å². The average Bonchev–Trinajstić information content (AvgIpc) is 2.97. The lowest BCUT2D eigenvalue weighted by molar-refractivity contribution is -0.384. The van der Waals surface area contributed by atoms with Crippen LogP contribution in [-0.2, 0) is 14.8 Å². The van der Waals surface area contributed by atoms with Crippen LogP contribution in [0.1, 0.15) is 28.9 Å². The number of nitro benzene ring substituents is 1. The van der Waals surface area contributed by atoms with E-state index < -0.39 is 33.3 Å². The summed E-state index contributed by atoms with van der Waals surface area (Å²) in [7, 11) is -4.29. The summed E-state index contributed by atoms with van der Waals surface area (Å²) in [6, 6.07) is 27.9. The highest BCUT2D eigenvalue weighted by Gasteiger charge is 2.28. The first-order valence-corrected chi connectivity index (χ1v) is 13.7. The Hall–Kier alpha value is -5.03. The fraction of sp³-hybridized carbons (Fsp3) is 0.103. The number of hydrogen-bond donors (Lipinski definition) is 2. The van der Waals surface area contributed by atoms with E-state index in [-0.39, 0.29) is 33.6 Å². The fourth-order valence-corrected chi connectivity index (χ4v) is 5.44. The van der Waals surface area contributed by atoms with Gasteiger partial charge >= 0.3 is 0 Å². The summed E-state index contributed by atoms with van der Waals surface area (Å²) < 4.78 is 27.9. The predicted octanol–water partition coefficient (Wildman–Crippen LogP) is 4.92. The lowest BCUT2D eigenvalue weighted by Gasteiger charge is -2.24. The number of anilines is 2. The van der Waals surface area contributed by atoms with Crippen molar-refractivity contribution in [1.82, 2.24) is 5.32 Å². The van der Waals surface area contributed by atoms with Crippen molar-refractivity contribution >= 4 is 38.9 Å². The molecule has 11 heteroatoms. The van der Waals surface area contributed by atoms with Crippen molar-refractivity contribution in [3.8, 4) is 0 Å². The summed E-state index contributed by atoms with van der Waals surface area (Å²) in [6.07, 6.45) is 0. The number of rotatable bonds is 10. The number of nitrogens with zero attached hydrogens (tertiary/aromatic N) is 2. The number of hydrogen-bond acceptors (Lipinski definition) is 6. The van der Waals surface area contributed by atoms with E-state index in [1.165, 1.54) is 48.5 Å². The van der Waals surface area contributed by atoms with Crippen molar-refractivity contribution in [2.45, 2.75) is 17.9 Å². The first-order valence-electron chi connectivity index (χ1n) is 12.2. The van der Waals surface area contributed by atoms with Gasteiger partial charge in [-0.2, -0.15) is 0 Å². The van der Waals surface area contributed by atoms with E-state index in [2.05, 4.69) is 10.6 Å².